The fourth-order valence-electron chi connectivity index (χ4n) is 1.93. The van der Waals surface area contributed by atoms with E-state index in [2.05, 4.69) is 21.0 Å². The second-order valence-corrected chi connectivity index (χ2v) is 6.50. The van der Waals surface area contributed by atoms with Gasteiger partial charge in [0.1, 0.15) is 0 Å². The van der Waals surface area contributed by atoms with E-state index in [9.17, 15) is 4.79 Å². The van der Waals surface area contributed by atoms with E-state index in [1.807, 2.05) is 30.8 Å². The van der Waals surface area contributed by atoms with Crippen molar-refractivity contribution in [2.75, 3.05) is 0 Å². The number of carbonyl (C=O) groups is 1. The molecule has 0 saturated heterocycles. The summed E-state index contributed by atoms with van der Waals surface area (Å²) >= 11 is 5.09. The van der Waals surface area contributed by atoms with Gasteiger partial charge in [0.15, 0.2) is 0 Å². The summed E-state index contributed by atoms with van der Waals surface area (Å²) in [5.74, 6) is -0.791. The van der Waals surface area contributed by atoms with Crippen molar-refractivity contribution in [3.05, 3.63) is 27.2 Å². The number of aryl methyl sites for hydroxylation is 2. The normalized spacial score (nSPS) is 10.8. The van der Waals surface area contributed by atoms with Crippen LogP contribution < -0.4 is 0 Å². The summed E-state index contributed by atoms with van der Waals surface area (Å²) in [5, 5.41) is 13.1. The molecule has 4 nitrogen and oxygen atoms in total. The average Bonchev–Trinajstić information content (AvgIpc) is 2.81. The number of aromatic nitrogens is 2. The molecular weight excluding hydrogens is 316 g/mol. The highest BCUT2D eigenvalue weighted by atomic mass is 79.9. The lowest BCUT2D eigenvalue weighted by Crippen LogP contribution is -1.99. The second-order valence-electron chi connectivity index (χ2n) is 4.04. The fraction of sp³-hybridized carbons (Fsp3) is 0.333. The average molecular weight is 329 g/mol. The van der Waals surface area contributed by atoms with Crippen molar-refractivity contribution in [2.45, 2.75) is 19.8 Å². The van der Waals surface area contributed by atoms with Crippen LogP contribution in [-0.2, 0) is 18.3 Å². The molecule has 1 N–H and O–H groups in total. The van der Waals surface area contributed by atoms with Crippen LogP contribution in [0.25, 0.3) is 10.6 Å². The molecule has 0 spiro atoms. The Morgan fingerprint density at radius 1 is 1.56 bits per heavy atom. The van der Waals surface area contributed by atoms with Gasteiger partial charge in [0, 0.05) is 13.5 Å². The summed E-state index contributed by atoms with van der Waals surface area (Å²) < 4.78 is 2.90. The van der Waals surface area contributed by atoms with Crippen LogP contribution in [0.1, 0.15) is 17.7 Å². The molecule has 0 aliphatic heterocycles. The Morgan fingerprint density at radius 3 is 2.83 bits per heavy atom. The van der Waals surface area contributed by atoms with Gasteiger partial charge in [0.25, 0.3) is 0 Å². The zero-order chi connectivity index (χ0) is 13.3. The van der Waals surface area contributed by atoms with Crippen LogP contribution in [0.3, 0.4) is 0 Å². The van der Waals surface area contributed by atoms with Crippen LogP contribution in [-0.4, -0.2) is 20.9 Å². The number of rotatable bonds is 4. The molecule has 0 atom stereocenters. The van der Waals surface area contributed by atoms with Gasteiger partial charge in [0.05, 0.1) is 26.5 Å². The van der Waals surface area contributed by atoms with Crippen molar-refractivity contribution in [1.29, 1.82) is 0 Å². The van der Waals surface area contributed by atoms with Crippen molar-refractivity contribution in [1.82, 2.24) is 9.78 Å². The van der Waals surface area contributed by atoms with Crippen molar-refractivity contribution in [3.8, 4) is 10.6 Å². The van der Waals surface area contributed by atoms with E-state index in [4.69, 9.17) is 5.11 Å². The van der Waals surface area contributed by atoms with Crippen LogP contribution in [0.5, 0.6) is 0 Å². The topological polar surface area (TPSA) is 55.1 Å². The van der Waals surface area contributed by atoms with Crippen LogP contribution in [0.2, 0.25) is 0 Å². The molecule has 2 aromatic heterocycles. The molecular formula is C12H13BrN2O2S. The Kier molecular flexibility index (Phi) is 3.87. The van der Waals surface area contributed by atoms with Gasteiger partial charge >= 0.3 is 5.97 Å². The number of thiophene rings is 1. The van der Waals surface area contributed by atoms with Crippen LogP contribution in [0.4, 0.5) is 0 Å². The monoisotopic (exact) mass is 328 g/mol. The molecule has 0 amide bonds. The Hall–Kier alpha value is -1.14. The highest BCUT2D eigenvalue weighted by molar-refractivity contribution is 9.11. The molecule has 0 radical (unpaired) electrons. The Labute approximate surface area is 117 Å². The number of aliphatic carboxylic acids is 1. The molecule has 0 aliphatic rings. The number of hydrogen-bond acceptors (Lipinski definition) is 3. The van der Waals surface area contributed by atoms with Gasteiger partial charge in [-0.05, 0) is 40.5 Å². The number of carboxylic acid groups (broad SMARTS) is 1. The lowest BCUT2D eigenvalue weighted by atomic mass is 10.1. The van der Waals surface area contributed by atoms with Crippen molar-refractivity contribution in [3.63, 3.8) is 0 Å². The predicted octanol–water partition coefficient (Wildman–Crippen LogP) is 3.24. The number of carboxylic acids is 1. The molecule has 18 heavy (non-hydrogen) atoms. The minimum absolute atomic E-state index is 0.116. The predicted molar refractivity (Wildman–Crippen MR) is 74.9 cm³/mol. The van der Waals surface area contributed by atoms with E-state index < -0.39 is 5.97 Å². The highest BCUT2D eigenvalue weighted by Crippen LogP contribution is 2.34. The first-order valence-corrected chi connectivity index (χ1v) is 7.10. The van der Waals surface area contributed by atoms with Gasteiger partial charge in [-0.25, -0.2) is 0 Å². The second kappa shape index (κ2) is 5.24. The minimum atomic E-state index is -0.791. The Bertz CT molecular complexity index is 589. The maximum absolute atomic E-state index is 10.6. The van der Waals surface area contributed by atoms with Gasteiger partial charge < -0.3 is 5.11 Å². The maximum Gasteiger partial charge on any atom is 0.303 e. The van der Waals surface area contributed by atoms with Crippen molar-refractivity contribution in [2.24, 2.45) is 7.05 Å². The molecule has 96 valence electrons. The number of hydrogen-bond donors (Lipinski definition) is 1. The first-order chi connectivity index (χ1) is 8.49. The van der Waals surface area contributed by atoms with Gasteiger partial charge in [-0.3, -0.25) is 9.48 Å². The largest absolute Gasteiger partial charge is 0.481 e. The van der Waals surface area contributed by atoms with E-state index in [0.29, 0.717) is 6.42 Å². The van der Waals surface area contributed by atoms with Gasteiger partial charge in [-0.1, -0.05) is 0 Å². The lowest BCUT2D eigenvalue weighted by Gasteiger charge is -1.99. The molecule has 0 fully saturated rings. The summed E-state index contributed by atoms with van der Waals surface area (Å²) in [6.07, 6.45) is 0.590. The number of halogens is 1. The van der Waals surface area contributed by atoms with E-state index >= 15 is 0 Å². The molecule has 2 rings (SSSR count). The summed E-state index contributed by atoms with van der Waals surface area (Å²) in [5.41, 5.74) is 2.98. The molecule has 0 aromatic carbocycles. The highest BCUT2D eigenvalue weighted by Gasteiger charge is 2.16. The van der Waals surface area contributed by atoms with Gasteiger partial charge in [0.2, 0.25) is 0 Å². The summed E-state index contributed by atoms with van der Waals surface area (Å²) in [6.45, 7) is 1.99. The van der Waals surface area contributed by atoms with E-state index in [0.717, 1.165) is 25.6 Å². The molecule has 0 unspecified atom stereocenters. The number of nitrogens with zero attached hydrogens (tertiary/aromatic N) is 2. The summed E-state index contributed by atoms with van der Waals surface area (Å²) in [4.78, 5) is 11.7. The zero-order valence-electron chi connectivity index (χ0n) is 10.1. The van der Waals surface area contributed by atoms with Crippen molar-refractivity contribution >= 4 is 33.2 Å². The SMILES string of the molecule is Cc1c(CCC(=O)O)nn(C)c1-c1ccc(Br)s1. The zero-order valence-corrected chi connectivity index (χ0v) is 12.5. The molecule has 2 heterocycles. The third kappa shape index (κ3) is 2.64. The third-order valence-electron chi connectivity index (χ3n) is 2.76. The fourth-order valence-corrected chi connectivity index (χ4v) is 3.45. The minimum Gasteiger partial charge on any atom is -0.481 e. The van der Waals surface area contributed by atoms with Gasteiger partial charge in [-0.15, -0.1) is 11.3 Å². The standard InChI is InChI=1S/C12H13BrN2O2S/c1-7-8(3-6-11(16)17)14-15(2)12(7)9-4-5-10(13)18-9/h4-5H,3,6H2,1-2H3,(H,16,17). The Balaban J connectivity index is 2.35. The molecule has 0 saturated carbocycles. The molecule has 0 bridgehead atoms. The first kappa shape index (κ1) is 13.3. The lowest BCUT2D eigenvalue weighted by molar-refractivity contribution is -0.136. The van der Waals surface area contributed by atoms with Gasteiger partial charge in [-0.2, -0.15) is 5.10 Å². The maximum atomic E-state index is 10.6. The molecule has 6 heteroatoms. The van der Waals surface area contributed by atoms with Crippen LogP contribution >= 0.6 is 27.3 Å². The molecule has 0 aliphatic carbocycles. The van der Waals surface area contributed by atoms with E-state index in [1.54, 1.807) is 11.3 Å². The first-order valence-electron chi connectivity index (χ1n) is 5.49. The van der Waals surface area contributed by atoms with Crippen LogP contribution in [0.15, 0.2) is 15.9 Å². The summed E-state index contributed by atoms with van der Waals surface area (Å²) in [7, 11) is 1.89. The third-order valence-corrected chi connectivity index (χ3v) is 4.40. The van der Waals surface area contributed by atoms with Crippen molar-refractivity contribution < 1.29 is 9.90 Å². The van der Waals surface area contributed by atoms with Crippen LogP contribution in [0, 0.1) is 6.92 Å². The van der Waals surface area contributed by atoms with E-state index in [-0.39, 0.29) is 6.42 Å². The summed E-state index contributed by atoms with van der Waals surface area (Å²) in [6, 6.07) is 4.04. The smallest absolute Gasteiger partial charge is 0.303 e. The Morgan fingerprint density at radius 2 is 2.28 bits per heavy atom. The molecule has 2 aromatic rings. The van der Waals surface area contributed by atoms with E-state index in [1.165, 1.54) is 0 Å². The quantitative estimate of drug-likeness (QED) is 0.937.